The quantitative estimate of drug-likeness (QED) is 0.264. The topological polar surface area (TPSA) is 91.6 Å². The van der Waals surface area contributed by atoms with E-state index in [2.05, 4.69) is 11.9 Å². The molecule has 0 aliphatic heterocycles. The van der Waals surface area contributed by atoms with Crippen molar-refractivity contribution in [1.29, 1.82) is 0 Å². The van der Waals surface area contributed by atoms with Crippen LogP contribution in [-0.2, 0) is 18.3 Å². The van der Waals surface area contributed by atoms with Crippen molar-refractivity contribution in [3.8, 4) is 5.75 Å². The third-order valence-corrected chi connectivity index (χ3v) is 6.29. The first-order valence-electron chi connectivity index (χ1n) is 12.7. The van der Waals surface area contributed by atoms with Crippen molar-refractivity contribution in [2.24, 2.45) is 7.05 Å². The molecule has 0 fully saturated rings. The number of rotatable bonds is 10. The molecule has 0 unspecified atom stereocenters. The van der Waals surface area contributed by atoms with Gasteiger partial charge in [0.15, 0.2) is 0 Å². The van der Waals surface area contributed by atoms with E-state index in [9.17, 15) is 18.8 Å². The first kappa shape index (κ1) is 33.1. The predicted molar refractivity (Wildman–Crippen MR) is 157 cm³/mol. The highest BCUT2D eigenvalue weighted by Gasteiger charge is 2.17. The molecule has 0 aliphatic rings. The van der Waals surface area contributed by atoms with Crippen LogP contribution in [0.3, 0.4) is 0 Å². The van der Waals surface area contributed by atoms with Gasteiger partial charge in [0.1, 0.15) is 28.8 Å². The van der Waals surface area contributed by atoms with Gasteiger partial charge in [0.25, 0.3) is 11.5 Å². The average molecular weight is 560 g/mol. The number of nitrogens with one attached hydrogen (secondary N) is 1. The zero-order valence-corrected chi connectivity index (χ0v) is 24.5. The fourth-order valence-electron chi connectivity index (χ4n) is 3.13. The Labute approximate surface area is 232 Å². The van der Waals surface area contributed by atoms with Gasteiger partial charge in [0, 0.05) is 13.6 Å². The number of hydrogen-bond acceptors (Lipinski definition) is 6. The molecule has 10 heteroatoms. The number of amides is 1. The second-order valence-electron chi connectivity index (χ2n) is 7.66. The maximum atomic E-state index is 13.0. The smallest absolute Gasteiger partial charge is 0.331 e. The predicted octanol–water partition coefficient (Wildman–Crippen LogP) is 5.42. The van der Waals surface area contributed by atoms with Crippen LogP contribution in [-0.4, -0.2) is 35.3 Å². The van der Waals surface area contributed by atoms with Gasteiger partial charge in [-0.3, -0.25) is 18.7 Å². The minimum absolute atomic E-state index is 0.00318. The second-order valence-corrected chi connectivity index (χ2v) is 8.69. The third-order valence-electron chi connectivity index (χ3n) is 5.08. The highest BCUT2D eigenvalue weighted by molar-refractivity contribution is 7.20. The van der Waals surface area contributed by atoms with Crippen LogP contribution >= 0.6 is 11.3 Å². The van der Waals surface area contributed by atoms with Crippen LogP contribution in [0.5, 0.6) is 5.75 Å². The first-order chi connectivity index (χ1) is 18.7. The number of aromatic nitrogens is 2. The minimum Gasteiger partial charge on any atom is -0.497 e. The second kappa shape index (κ2) is 16.8. The molecular formula is C29H38FN3O5S. The molecule has 3 aromatic rings. The summed E-state index contributed by atoms with van der Waals surface area (Å²) < 4.78 is 25.9. The summed E-state index contributed by atoms with van der Waals surface area (Å²) in [5.74, 6) is 0.209. The Morgan fingerprint density at radius 1 is 1.15 bits per heavy atom. The molecule has 1 amide bonds. The van der Waals surface area contributed by atoms with Crippen molar-refractivity contribution in [3.05, 3.63) is 98.0 Å². The van der Waals surface area contributed by atoms with Crippen LogP contribution < -0.4 is 21.3 Å². The normalized spacial score (nSPS) is 10.8. The number of ether oxygens (including phenoxy) is 2. The zero-order chi connectivity index (χ0) is 29.5. The Hall–Kier alpha value is -3.92. The molecule has 39 heavy (non-hydrogen) atoms. The SMILES string of the molecule is C=C(/C=C\C=C(/C)CNC(=O)c1cc2c(=O)n(CCOc3ccc(F)cc3)c(=O)n(C)c2s1)OC.CC.CC. The maximum absolute atomic E-state index is 13.0. The van der Waals surface area contributed by atoms with Crippen molar-refractivity contribution >= 4 is 27.5 Å². The van der Waals surface area contributed by atoms with E-state index in [4.69, 9.17) is 9.47 Å². The van der Waals surface area contributed by atoms with Crippen LogP contribution in [0.25, 0.3) is 10.2 Å². The number of halogens is 1. The molecule has 3 rings (SSSR count). The minimum atomic E-state index is -0.512. The van der Waals surface area contributed by atoms with E-state index >= 15 is 0 Å². The van der Waals surface area contributed by atoms with Gasteiger partial charge in [-0.1, -0.05) is 52.0 Å². The molecule has 212 valence electrons. The van der Waals surface area contributed by atoms with Crippen LogP contribution in [0.1, 0.15) is 44.3 Å². The number of carbonyl (C=O) groups is 1. The Morgan fingerprint density at radius 3 is 2.41 bits per heavy atom. The molecule has 2 aromatic heterocycles. The summed E-state index contributed by atoms with van der Waals surface area (Å²) in [5.41, 5.74) is -0.113. The number of methoxy groups -OCH3 is 1. The summed E-state index contributed by atoms with van der Waals surface area (Å²) in [6.07, 6.45) is 5.30. The van der Waals surface area contributed by atoms with Crippen molar-refractivity contribution in [1.82, 2.24) is 14.5 Å². The number of nitrogens with zero attached hydrogens (tertiary/aromatic N) is 2. The van der Waals surface area contributed by atoms with E-state index in [0.29, 0.717) is 27.8 Å². The van der Waals surface area contributed by atoms with Crippen LogP contribution in [0.2, 0.25) is 0 Å². The first-order valence-corrected chi connectivity index (χ1v) is 13.5. The number of aryl methyl sites for hydroxylation is 1. The highest BCUT2D eigenvalue weighted by Crippen LogP contribution is 2.21. The molecule has 0 saturated carbocycles. The largest absolute Gasteiger partial charge is 0.497 e. The summed E-state index contributed by atoms with van der Waals surface area (Å²) in [5, 5.41) is 3.08. The summed E-state index contributed by atoms with van der Waals surface area (Å²) in [7, 11) is 3.08. The van der Waals surface area contributed by atoms with Gasteiger partial charge in [-0.05, 0) is 43.3 Å². The Morgan fingerprint density at radius 2 is 1.79 bits per heavy atom. The molecule has 8 nitrogen and oxygen atoms in total. The molecule has 1 N–H and O–H groups in total. The van der Waals surface area contributed by atoms with Gasteiger partial charge in [-0.25, -0.2) is 9.18 Å². The number of thiophene rings is 1. The fourth-order valence-corrected chi connectivity index (χ4v) is 4.15. The summed E-state index contributed by atoms with van der Waals surface area (Å²) >= 11 is 1.08. The van der Waals surface area contributed by atoms with Gasteiger partial charge in [0.2, 0.25) is 0 Å². The molecule has 0 aliphatic carbocycles. The number of hydrogen-bond donors (Lipinski definition) is 1. The van der Waals surface area contributed by atoms with Gasteiger partial charge in [-0.15, -0.1) is 11.3 Å². The van der Waals surface area contributed by atoms with E-state index in [0.717, 1.165) is 21.5 Å². The van der Waals surface area contributed by atoms with E-state index < -0.39 is 11.2 Å². The lowest BCUT2D eigenvalue weighted by atomic mass is 10.2. The van der Waals surface area contributed by atoms with Gasteiger partial charge >= 0.3 is 5.69 Å². The maximum Gasteiger partial charge on any atom is 0.331 e. The number of allylic oxidation sites excluding steroid dienone is 3. The van der Waals surface area contributed by atoms with E-state index in [1.165, 1.54) is 42.0 Å². The number of benzene rings is 1. The summed E-state index contributed by atoms with van der Waals surface area (Å²) in [6, 6.07) is 6.95. The molecule has 0 saturated heterocycles. The lowest BCUT2D eigenvalue weighted by Crippen LogP contribution is -2.39. The lowest BCUT2D eigenvalue weighted by molar-refractivity contribution is 0.0961. The molecule has 0 bridgehead atoms. The molecule has 1 aromatic carbocycles. The Kier molecular flexibility index (Phi) is 14.3. The Balaban J connectivity index is 0.00000181. The van der Waals surface area contributed by atoms with Crippen molar-refractivity contribution in [2.45, 2.75) is 41.2 Å². The molecule has 0 radical (unpaired) electrons. The van der Waals surface area contributed by atoms with Crippen LogP contribution in [0.15, 0.2) is 76.1 Å². The zero-order valence-electron chi connectivity index (χ0n) is 23.7. The van der Waals surface area contributed by atoms with Gasteiger partial charge < -0.3 is 14.8 Å². The van der Waals surface area contributed by atoms with E-state index in [1.54, 1.807) is 19.2 Å². The van der Waals surface area contributed by atoms with Crippen molar-refractivity contribution < 1.29 is 18.7 Å². The summed E-state index contributed by atoms with van der Waals surface area (Å²) in [4.78, 5) is 39.1. The molecule has 0 spiro atoms. The van der Waals surface area contributed by atoms with E-state index in [1.807, 2.05) is 40.7 Å². The lowest BCUT2D eigenvalue weighted by Gasteiger charge is -2.09. The van der Waals surface area contributed by atoms with Gasteiger partial charge in [-0.2, -0.15) is 0 Å². The number of carbonyl (C=O) groups excluding carboxylic acids is 1. The fraction of sp³-hybridized carbons (Fsp3) is 0.345. The van der Waals surface area contributed by atoms with Crippen molar-refractivity contribution in [3.63, 3.8) is 0 Å². The molecular weight excluding hydrogens is 521 g/mol. The monoisotopic (exact) mass is 559 g/mol. The molecule has 0 atom stereocenters. The van der Waals surface area contributed by atoms with Crippen LogP contribution in [0, 0.1) is 5.82 Å². The van der Waals surface area contributed by atoms with Crippen LogP contribution in [0.4, 0.5) is 4.39 Å². The van der Waals surface area contributed by atoms with E-state index in [-0.39, 0.29) is 30.3 Å². The Bertz CT molecular complexity index is 1420. The van der Waals surface area contributed by atoms with Gasteiger partial charge in [0.05, 0.1) is 23.9 Å². The molecule has 2 heterocycles. The highest BCUT2D eigenvalue weighted by atomic mass is 32.1. The average Bonchev–Trinajstić information content (AvgIpc) is 3.41. The number of fused-ring (bicyclic) bond motifs is 1. The summed E-state index contributed by atoms with van der Waals surface area (Å²) in [6.45, 7) is 13.9. The van der Waals surface area contributed by atoms with Crippen molar-refractivity contribution in [2.75, 3.05) is 20.3 Å². The third kappa shape index (κ3) is 9.40. The standard InChI is InChI=1S/C25H26FN3O5S.2C2H6/c1-16(6-5-7-17(2)33-4)15-27-22(30)21-14-20-23(31)29(25(32)28(3)24(20)35-21)12-13-34-19-10-8-18(26)9-11-19;2*1-2/h5-11,14H,2,12-13,15H2,1,3-4H3,(H,27,30);2*1-2H3/b7-5-,16-6+;;.